The molecule has 2 aliphatic carbocycles. The number of fused-ring (bicyclic) bond motifs is 2. The number of alkyl carbamates (subject to hydrolysis) is 1. The molecule has 0 aromatic heterocycles. The van der Waals surface area contributed by atoms with Gasteiger partial charge in [-0.25, -0.2) is 4.79 Å². The van der Waals surface area contributed by atoms with Crippen molar-refractivity contribution in [1.29, 1.82) is 0 Å². The van der Waals surface area contributed by atoms with Crippen molar-refractivity contribution >= 4 is 18.0 Å². The molecule has 4 atom stereocenters. The summed E-state index contributed by atoms with van der Waals surface area (Å²) in [5.41, 5.74) is 0.894. The first-order chi connectivity index (χ1) is 15.5. The lowest BCUT2D eigenvalue weighted by Gasteiger charge is -2.30. The normalized spacial score (nSPS) is 23.9. The molecule has 1 aromatic rings. The third-order valence-electron chi connectivity index (χ3n) is 6.75. The zero-order valence-corrected chi connectivity index (χ0v) is 18.5. The van der Waals surface area contributed by atoms with E-state index in [0.29, 0.717) is 30.7 Å². The molecule has 2 fully saturated rings. The first-order valence-corrected chi connectivity index (χ1v) is 11.6. The molecule has 1 aromatic carbocycles. The molecule has 0 heterocycles. The fraction of sp³-hybridized carbons (Fsp3) is 0.560. The van der Waals surface area contributed by atoms with Gasteiger partial charge in [0.1, 0.15) is 6.61 Å². The largest absolute Gasteiger partial charge is 0.481 e. The zero-order chi connectivity index (χ0) is 22.8. The highest BCUT2D eigenvalue weighted by Crippen LogP contribution is 2.53. The van der Waals surface area contributed by atoms with Crippen LogP contribution in [0.5, 0.6) is 0 Å². The molecule has 7 heteroatoms. The van der Waals surface area contributed by atoms with Crippen LogP contribution in [0.25, 0.3) is 0 Å². The summed E-state index contributed by atoms with van der Waals surface area (Å²) >= 11 is 0. The van der Waals surface area contributed by atoms with Crippen LogP contribution in [-0.2, 0) is 20.9 Å². The minimum atomic E-state index is -0.749. The van der Waals surface area contributed by atoms with E-state index in [1.807, 2.05) is 30.3 Å². The Labute approximate surface area is 189 Å². The number of hydrogen-bond acceptors (Lipinski definition) is 4. The number of nitrogens with one attached hydrogen (secondary N) is 2. The van der Waals surface area contributed by atoms with E-state index in [4.69, 9.17) is 9.84 Å². The molecule has 3 N–H and O–H groups in total. The van der Waals surface area contributed by atoms with Crippen molar-refractivity contribution in [3.63, 3.8) is 0 Å². The highest BCUT2D eigenvalue weighted by molar-refractivity contribution is 5.82. The molecular formula is C25H34N2O5. The molecule has 2 saturated carbocycles. The Morgan fingerprint density at radius 1 is 1.03 bits per heavy atom. The van der Waals surface area contributed by atoms with Crippen molar-refractivity contribution in [2.24, 2.45) is 23.7 Å². The molecule has 0 unspecified atom stereocenters. The molecule has 0 radical (unpaired) electrons. The van der Waals surface area contributed by atoms with Crippen LogP contribution >= 0.6 is 0 Å². The Bertz CT molecular complexity index is 795. The number of carbonyl (C=O) groups is 3. The van der Waals surface area contributed by atoms with Gasteiger partial charge >= 0.3 is 12.1 Å². The maximum absolute atomic E-state index is 12.2. The number of carbonyl (C=O) groups excluding carboxylic acids is 2. The lowest BCUT2D eigenvalue weighted by molar-refractivity contribution is -0.137. The summed E-state index contributed by atoms with van der Waals surface area (Å²) in [4.78, 5) is 34.6. The maximum Gasteiger partial charge on any atom is 0.407 e. The van der Waals surface area contributed by atoms with E-state index in [1.165, 1.54) is 19.3 Å². The number of benzene rings is 1. The van der Waals surface area contributed by atoms with Gasteiger partial charge in [-0.1, -0.05) is 42.5 Å². The highest BCUT2D eigenvalue weighted by atomic mass is 16.5. The van der Waals surface area contributed by atoms with E-state index < -0.39 is 12.1 Å². The van der Waals surface area contributed by atoms with E-state index in [9.17, 15) is 14.4 Å². The molecule has 174 valence electrons. The van der Waals surface area contributed by atoms with Crippen molar-refractivity contribution in [2.75, 3.05) is 13.1 Å². The van der Waals surface area contributed by atoms with Crippen molar-refractivity contribution in [3.05, 3.63) is 48.0 Å². The van der Waals surface area contributed by atoms with Crippen LogP contribution in [0.1, 0.15) is 50.5 Å². The van der Waals surface area contributed by atoms with Crippen LogP contribution in [0.15, 0.2) is 42.5 Å². The highest BCUT2D eigenvalue weighted by Gasteiger charge is 2.46. The standard InChI is InChI=1S/C25H34N2O5/c28-23(16-27-25(31)32-17-18-8-4-3-5-9-18)26-15-22-20-13-12-19(14-20)21(22)10-6-1-2-7-11-24(29)30/h1,3-6,8-9,19-22H,2,7,10-17H2,(H,26,28)(H,27,31)(H,29,30)/t19-,20+,21-,22+/m0/s1. The Hall–Kier alpha value is -2.83. The van der Waals surface area contributed by atoms with Gasteiger partial charge in [0.25, 0.3) is 0 Å². The van der Waals surface area contributed by atoms with Gasteiger partial charge < -0.3 is 20.5 Å². The van der Waals surface area contributed by atoms with Crippen LogP contribution in [-0.4, -0.2) is 36.2 Å². The Kier molecular flexibility index (Phi) is 9.13. The number of allylic oxidation sites excluding steroid dienone is 2. The van der Waals surface area contributed by atoms with E-state index in [1.54, 1.807) is 0 Å². The smallest absolute Gasteiger partial charge is 0.407 e. The van der Waals surface area contributed by atoms with Crippen molar-refractivity contribution in [1.82, 2.24) is 10.6 Å². The SMILES string of the molecule is O=C(O)CCCC=CC[C@H]1[C@H]2CC[C@H](C2)[C@H]1CNC(=O)CNC(=O)OCc1ccccc1. The summed E-state index contributed by atoms with van der Waals surface area (Å²) in [6.07, 6.45) is 10.1. The molecule has 0 saturated heterocycles. The molecule has 0 spiro atoms. The number of hydrogen-bond donors (Lipinski definition) is 3. The molecule has 2 amide bonds. The predicted molar refractivity (Wildman–Crippen MR) is 121 cm³/mol. The van der Waals surface area contributed by atoms with Gasteiger partial charge in [-0.05, 0) is 67.8 Å². The molecule has 32 heavy (non-hydrogen) atoms. The third-order valence-corrected chi connectivity index (χ3v) is 6.75. The zero-order valence-electron chi connectivity index (χ0n) is 18.5. The van der Waals surface area contributed by atoms with Gasteiger partial charge in [-0.2, -0.15) is 0 Å². The summed E-state index contributed by atoms with van der Waals surface area (Å²) in [5, 5.41) is 14.2. The minimum absolute atomic E-state index is 0.0947. The van der Waals surface area contributed by atoms with Crippen LogP contribution in [0.3, 0.4) is 0 Å². The first-order valence-electron chi connectivity index (χ1n) is 11.6. The van der Waals surface area contributed by atoms with Gasteiger partial charge in [0.15, 0.2) is 0 Å². The second kappa shape index (κ2) is 12.3. The van der Waals surface area contributed by atoms with Crippen LogP contribution in [0.2, 0.25) is 0 Å². The molecule has 7 nitrogen and oxygen atoms in total. The second-order valence-electron chi connectivity index (χ2n) is 8.87. The monoisotopic (exact) mass is 442 g/mol. The molecule has 2 aliphatic rings. The average molecular weight is 443 g/mol. The van der Waals surface area contributed by atoms with Gasteiger partial charge in [0.05, 0.1) is 6.54 Å². The Morgan fingerprint density at radius 3 is 2.53 bits per heavy atom. The Balaban J connectivity index is 1.34. The predicted octanol–water partition coefficient (Wildman–Crippen LogP) is 3.89. The van der Waals surface area contributed by atoms with Gasteiger partial charge in [0.2, 0.25) is 5.91 Å². The quantitative estimate of drug-likeness (QED) is 0.336. The molecule has 3 rings (SSSR count). The maximum atomic E-state index is 12.2. The number of ether oxygens (including phenoxy) is 1. The molecular weight excluding hydrogens is 408 g/mol. The van der Waals surface area contributed by atoms with Crippen molar-refractivity contribution in [3.8, 4) is 0 Å². The summed E-state index contributed by atoms with van der Waals surface area (Å²) < 4.78 is 5.13. The van der Waals surface area contributed by atoms with Crippen LogP contribution in [0, 0.1) is 23.7 Å². The molecule has 0 aliphatic heterocycles. The second-order valence-corrected chi connectivity index (χ2v) is 8.87. The van der Waals surface area contributed by atoms with Crippen LogP contribution in [0.4, 0.5) is 4.79 Å². The van der Waals surface area contributed by atoms with E-state index in [-0.39, 0.29) is 25.5 Å². The lowest BCUT2D eigenvalue weighted by Crippen LogP contribution is -2.41. The van der Waals surface area contributed by atoms with E-state index >= 15 is 0 Å². The number of aliphatic carboxylic acids is 1. The minimum Gasteiger partial charge on any atom is -0.481 e. The topological polar surface area (TPSA) is 105 Å². The van der Waals surface area contributed by atoms with Crippen LogP contribution < -0.4 is 10.6 Å². The fourth-order valence-electron chi connectivity index (χ4n) is 5.18. The molecule has 2 bridgehead atoms. The summed E-state index contributed by atoms with van der Waals surface area (Å²) in [5.74, 6) is 1.46. The Morgan fingerprint density at radius 2 is 1.78 bits per heavy atom. The average Bonchev–Trinajstić information content (AvgIpc) is 3.39. The van der Waals surface area contributed by atoms with E-state index in [0.717, 1.165) is 24.3 Å². The number of rotatable bonds is 12. The fourth-order valence-corrected chi connectivity index (χ4v) is 5.18. The number of carboxylic acids is 1. The van der Waals surface area contributed by atoms with Crippen molar-refractivity contribution in [2.45, 2.75) is 51.6 Å². The van der Waals surface area contributed by atoms with Gasteiger partial charge in [0, 0.05) is 13.0 Å². The van der Waals surface area contributed by atoms with Gasteiger partial charge in [-0.3, -0.25) is 9.59 Å². The van der Waals surface area contributed by atoms with E-state index in [2.05, 4.69) is 22.8 Å². The number of amides is 2. The third kappa shape index (κ3) is 7.39. The number of unbranched alkanes of at least 4 members (excludes halogenated alkanes) is 1. The first kappa shape index (κ1) is 23.8. The summed E-state index contributed by atoms with van der Waals surface area (Å²) in [7, 11) is 0. The number of carboxylic acid groups (broad SMARTS) is 1. The lowest BCUT2D eigenvalue weighted by atomic mass is 9.77. The van der Waals surface area contributed by atoms with Crippen molar-refractivity contribution < 1.29 is 24.2 Å². The summed E-state index contributed by atoms with van der Waals surface area (Å²) in [6.45, 7) is 0.714. The van der Waals surface area contributed by atoms with Gasteiger partial charge in [-0.15, -0.1) is 0 Å². The summed E-state index contributed by atoms with van der Waals surface area (Å²) in [6, 6.07) is 9.39.